The fourth-order valence-corrected chi connectivity index (χ4v) is 2.61. The first-order valence-corrected chi connectivity index (χ1v) is 7.88. The summed E-state index contributed by atoms with van der Waals surface area (Å²) < 4.78 is 51.2. The van der Waals surface area contributed by atoms with Gasteiger partial charge in [0.1, 0.15) is 11.5 Å². The molecule has 1 saturated heterocycles. The van der Waals surface area contributed by atoms with Crippen LogP contribution in [0, 0.1) is 0 Å². The van der Waals surface area contributed by atoms with Gasteiger partial charge in [-0.1, -0.05) is 0 Å². The van der Waals surface area contributed by atoms with Crippen LogP contribution in [-0.2, 0) is 11.3 Å². The molecule has 0 saturated carbocycles. The van der Waals surface area contributed by atoms with E-state index in [0.29, 0.717) is 10.6 Å². The van der Waals surface area contributed by atoms with Crippen LogP contribution < -0.4 is 15.4 Å². The molecule has 0 aliphatic carbocycles. The fraction of sp³-hybridized carbons (Fsp3) is 0.235. The first-order valence-electron chi connectivity index (χ1n) is 7.88. The molecule has 0 bridgehead atoms. The van der Waals surface area contributed by atoms with E-state index in [1.165, 1.54) is 49.8 Å². The Morgan fingerprint density at radius 1 is 1.25 bits per heavy atom. The SMILES string of the molecule is COc1ccc(C(=O)N[C@@]2(C(F)(F)F)NC(=O)N(Cc3ccco3)C2=O)cc1. The zero-order chi connectivity index (χ0) is 20.5. The van der Waals surface area contributed by atoms with Crippen molar-refractivity contribution in [2.45, 2.75) is 18.4 Å². The van der Waals surface area contributed by atoms with Crippen LogP contribution in [-0.4, -0.2) is 41.7 Å². The number of hydrogen-bond donors (Lipinski definition) is 2. The van der Waals surface area contributed by atoms with Crippen molar-refractivity contribution < 1.29 is 36.7 Å². The lowest BCUT2D eigenvalue weighted by Gasteiger charge is -2.29. The number of methoxy groups -OCH3 is 1. The van der Waals surface area contributed by atoms with Crippen molar-refractivity contribution in [3.05, 3.63) is 54.0 Å². The number of urea groups is 1. The number of nitrogens with zero attached hydrogens (tertiary/aromatic N) is 1. The van der Waals surface area contributed by atoms with Crippen LogP contribution in [0.25, 0.3) is 0 Å². The molecular formula is C17H14F3N3O5. The molecule has 148 valence electrons. The number of furan rings is 1. The number of imide groups is 1. The largest absolute Gasteiger partial charge is 0.497 e. The standard InChI is InChI=1S/C17H14F3N3O5/c1-27-11-6-4-10(5-7-11)13(24)21-16(17(18,19)20)14(25)23(15(26)22-16)9-12-3-2-8-28-12/h2-8H,9H2,1H3,(H,21,24)(H,22,26)/t16-/m1/s1. The highest BCUT2D eigenvalue weighted by atomic mass is 19.4. The van der Waals surface area contributed by atoms with E-state index in [0.717, 1.165) is 0 Å². The summed E-state index contributed by atoms with van der Waals surface area (Å²) in [6, 6.07) is 6.72. The first kappa shape index (κ1) is 19.3. The monoisotopic (exact) mass is 397 g/mol. The van der Waals surface area contributed by atoms with Gasteiger partial charge in [-0.3, -0.25) is 19.8 Å². The lowest BCUT2D eigenvalue weighted by molar-refractivity contribution is -0.200. The summed E-state index contributed by atoms with van der Waals surface area (Å²) in [5, 5.41) is 3.17. The summed E-state index contributed by atoms with van der Waals surface area (Å²) in [4.78, 5) is 37.2. The Balaban J connectivity index is 1.89. The van der Waals surface area contributed by atoms with Crippen LogP contribution in [0.3, 0.4) is 0 Å². The zero-order valence-corrected chi connectivity index (χ0v) is 14.4. The van der Waals surface area contributed by atoms with E-state index in [-0.39, 0.29) is 11.3 Å². The lowest BCUT2D eigenvalue weighted by Crippen LogP contribution is -2.69. The number of hydrogen-bond acceptors (Lipinski definition) is 5. The number of carbonyl (C=O) groups is 3. The molecule has 2 heterocycles. The second-order valence-electron chi connectivity index (χ2n) is 5.83. The molecule has 0 unspecified atom stereocenters. The second kappa shape index (κ2) is 6.91. The Hall–Kier alpha value is -3.50. The van der Waals surface area contributed by atoms with E-state index >= 15 is 0 Å². The molecular weight excluding hydrogens is 383 g/mol. The molecule has 0 spiro atoms. The minimum absolute atomic E-state index is 0.1000. The summed E-state index contributed by atoms with van der Waals surface area (Å²) >= 11 is 0. The molecule has 1 aromatic heterocycles. The van der Waals surface area contributed by atoms with Gasteiger partial charge in [0.15, 0.2) is 0 Å². The van der Waals surface area contributed by atoms with Crippen molar-refractivity contribution in [3.8, 4) is 5.75 Å². The molecule has 8 nitrogen and oxygen atoms in total. The Labute approximate surface area is 156 Å². The van der Waals surface area contributed by atoms with Crippen LogP contribution in [0.2, 0.25) is 0 Å². The third-order valence-electron chi connectivity index (χ3n) is 4.08. The topological polar surface area (TPSA) is 101 Å². The lowest BCUT2D eigenvalue weighted by atomic mass is 10.1. The maximum absolute atomic E-state index is 13.8. The van der Waals surface area contributed by atoms with Crippen molar-refractivity contribution in [3.63, 3.8) is 0 Å². The van der Waals surface area contributed by atoms with E-state index in [1.807, 2.05) is 0 Å². The number of halogens is 3. The molecule has 1 atom stereocenters. The van der Waals surface area contributed by atoms with Crippen LogP contribution >= 0.6 is 0 Å². The Kier molecular flexibility index (Phi) is 4.75. The normalized spacial score (nSPS) is 19.5. The van der Waals surface area contributed by atoms with Gasteiger partial charge in [0.2, 0.25) is 0 Å². The fourth-order valence-electron chi connectivity index (χ4n) is 2.61. The molecule has 1 aromatic carbocycles. The predicted molar refractivity (Wildman–Crippen MR) is 87.0 cm³/mol. The molecule has 4 amide bonds. The number of amides is 4. The van der Waals surface area contributed by atoms with Crippen molar-refractivity contribution >= 4 is 17.8 Å². The number of benzene rings is 1. The summed E-state index contributed by atoms with van der Waals surface area (Å²) in [6.07, 6.45) is -4.05. The van der Waals surface area contributed by atoms with Gasteiger partial charge < -0.3 is 14.5 Å². The highest BCUT2D eigenvalue weighted by Gasteiger charge is 2.68. The molecule has 1 aliphatic heterocycles. The minimum atomic E-state index is -5.29. The Morgan fingerprint density at radius 2 is 1.93 bits per heavy atom. The maximum atomic E-state index is 13.8. The molecule has 2 aromatic rings. The van der Waals surface area contributed by atoms with Gasteiger partial charge >= 0.3 is 12.2 Å². The van der Waals surface area contributed by atoms with Gasteiger partial charge in [0.05, 0.1) is 19.9 Å². The molecule has 28 heavy (non-hydrogen) atoms. The van der Waals surface area contributed by atoms with Crippen LogP contribution in [0.4, 0.5) is 18.0 Å². The maximum Gasteiger partial charge on any atom is 0.440 e. The zero-order valence-electron chi connectivity index (χ0n) is 14.4. The molecule has 11 heteroatoms. The second-order valence-corrected chi connectivity index (χ2v) is 5.83. The van der Waals surface area contributed by atoms with Crippen molar-refractivity contribution in [1.29, 1.82) is 0 Å². The minimum Gasteiger partial charge on any atom is -0.497 e. The third kappa shape index (κ3) is 3.26. The predicted octanol–water partition coefficient (Wildman–Crippen LogP) is 2.03. The number of alkyl halides is 3. The first-order chi connectivity index (χ1) is 13.2. The van der Waals surface area contributed by atoms with Crippen molar-refractivity contribution in [1.82, 2.24) is 15.5 Å². The van der Waals surface area contributed by atoms with E-state index < -0.39 is 36.2 Å². The van der Waals surface area contributed by atoms with E-state index in [4.69, 9.17) is 9.15 Å². The number of nitrogens with one attached hydrogen (secondary N) is 2. The van der Waals surface area contributed by atoms with Crippen LogP contribution in [0.5, 0.6) is 5.75 Å². The smallest absolute Gasteiger partial charge is 0.440 e. The number of rotatable bonds is 5. The Morgan fingerprint density at radius 3 is 2.46 bits per heavy atom. The molecule has 1 aliphatic rings. The summed E-state index contributed by atoms with van der Waals surface area (Å²) in [5.41, 5.74) is -3.75. The van der Waals surface area contributed by atoms with Crippen LogP contribution in [0.15, 0.2) is 47.1 Å². The van der Waals surface area contributed by atoms with Gasteiger partial charge in [-0.05, 0) is 36.4 Å². The number of ether oxygens (including phenoxy) is 1. The molecule has 2 N–H and O–H groups in total. The average Bonchev–Trinajstić information content (AvgIpc) is 3.24. The third-order valence-corrected chi connectivity index (χ3v) is 4.08. The average molecular weight is 397 g/mol. The van der Waals surface area contributed by atoms with Gasteiger partial charge in [-0.2, -0.15) is 13.2 Å². The summed E-state index contributed by atoms with van der Waals surface area (Å²) in [7, 11) is 1.38. The van der Waals surface area contributed by atoms with Crippen LogP contribution in [0.1, 0.15) is 16.1 Å². The Bertz CT molecular complexity index is 896. The van der Waals surface area contributed by atoms with Gasteiger partial charge in [0, 0.05) is 5.56 Å². The van der Waals surface area contributed by atoms with Crippen molar-refractivity contribution in [2.75, 3.05) is 7.11 Å². The van der Waals surface area contributed by atoms with Gasteiger partial charge in [0.25, 0.3) is 17.5 Å². The van der Waals surface area contributed by atoms with Gasteiger partial charge in [-0.15, -0.1) is 0 Å². The van der Waals surface area contributed by atoms with Gasteiger partial charge in [-0.25, -0.2) is 4.79 Å². The molecule has 3 rings (SSSR count). The summed E-state index contributed by atoms with van der Waals surface area (Å²) in [5.74, 6) is -2.38. The van der Waals surface area contributed by atoms with E-state index in [2.05, 4.69) is 0 Å². The number of carbonyl (C=O) groups excluding carboxylic acids is 3. The highest BCUT2D eigenvalue weighted by Crippen LogP contribution is 2.34. The quantitative estimate of drug-likeness (QED) is 0.752. The molecule has 0 radical (unpaired) electrons. The highest BCUT2D eigenvalue weighted by molar-refractivity contribution is 6.10. The van der Waals surface area contributed by atoms with E-state index in [1.54, 1.807) is 10.6 Å². The van der Waals surface area contributed by atoms with E-state index in [9.17, 15) is 27.6 Å². The summed E-state index contributed by atoms with van der Waals surface area (Å²) in [6.45, 7) is -0.520. The van der Waals surface area contributed by atoms with Crippen molar-refractivity contribution in [2.24, 2.45) is 0 Å². The molecule has 1 fully saturated rings.